The van der Waals surface area contributed by atoms with E-state index in [9.17, 15) is 18.3 Å². The highest BCUT2D eigenvalue weighted by atomic mass is 35.5. The molecule has 1 aliphatic rings. The second kappa shape index (κ2) is 9.64. The van der Waals surface area contributed by atoms with E-state index in [1.54, 1.807) is 24.0 Å². The highest BCUT2D eigenvalue weighted by Gasteiger charge is 2.33. The van der Waals surface area contributed by atoms with Crippen LogP contribution < -0.4 is 10.0 Å². The van der Waals surface area contributed by atoms with E-state index in [1.165, 1.54) is 0 Å². The third-order valence-electron chi connectivity index (χ3n) is 5.26. The summed E-state index contributed by atoms with van der Waals surface area (Å²) in [5.41, 5.74) is 2.31. The maximum Gasteiger partial charge on any atom is 0.332 e. The predicted octanol–water partition coefficient (Wildman–Crippen LogP) is 3.84. The molecule has 0 saturated carbocycles. The Morgan fingerprint density at radius 3 is 2.21 bits per heavy atom. The van der Waals surface area contributed by atoms with Gasteiger partial charge in [-0.15, -0.1) is 0 Å². The third kappa shape index (κ3) is 6.07. The molecule has 2 atom stereocenters. The van der Waals surface area contributed by atoms with Gasteiger partial charge in [-0.1, -0.05) is 39.3 Å². The van der Waals surface area contributed by atoms with Crippen LogP contribution in [0, 0.1) is 0 Å². The normalized spacial score (nSPS) is 19.4. The number of carbonyl (C=O) groups excluding carboxylic acids is 1. The van der Waals surface area contributed by atoms with E-state index in [2.05, 4.69) is 10.0 Å². The van der Waals surface area contributed by atoms with Gasteiger partial charge in [0.25, 0.3) is 0 Å². The predicted molar refractivity (Wildman–Crippen MR) is 117 cm³/mol. The summed E-state index contributed by atoms with van der Waals surface area (Å²) in [4.78, 5) is 14.3. The number of aliphatic hydroxyl groups is 1. The Morgan fingerprint density at radius 1 is 1.17 bits per heavy atom. The van der Waals surface area contributed by atoms with Crippen LogP contribution in [-0.2, 0) is 10.0 Å². The van der Waals surface area contributed by atoms with Gasteiger partial charge >= 0.3 is 6.03 Å². The van der Waals surface area contributed by atoms with Gasteiger partial charge in [-0.3, -0.25) is 4.90 Å². The van der Waals surface area contributed by atoms with Crippen LogP contribution in [0.3, 0.4) is 0 Å². The minimum atomic E-state index is -3.88. The number of hydrogen-bond acceptors (Lipinski definition) is 5. The number of sulfonamides is 1. The number of halogens is 1. The largest absolute Gasteiger partial charge is 0.379 e. The topological polar surface area (TPSA) is 98.7 Å². The summed E-state index contributed by atoms with van der Waals surface area (Å²) in [5, 5.41) is 12.3. The van der Waals surface area contributed by atoms with Gasteiger partial charge in [0.05, 0.1) is 5.25 Å². The highest BCUT2D eigenvalue weighted by Crippen LogP contribution is 2.35. The van der Waals surface area contributed by atoms with Gasteiger partial charge in [-0.25, -0.2) is 17.9 Å². The number of hydrogen-bond donors (Lipinski definition) is 3. The number of urea groups is 1. The number of carbonyl (C=O) groups is 1. The van der Waals surface area contributed by atoms with E-state index in [0.717, 1.165) is 11.1 Å². The van der Waals surface area contributed by atoms with Crippen molar-refractivity contribution < 1.29 is 18.3 Å². The van der Waals surface area contributed by atoms with Gasteiger partial charge in [-0.2, -0.15) is 0 Å². The average molecular weight is 446 g/mol. The van der Waals surface area contributed by atoms with Crippen LogP contribution in [-0.4, -0.2) is 49.0 Å². The van der Waals surface area contributed by atoms with E-state index in [1.807, 2.05) is 27.7 Å². The maximum atomic E-state index is 12.7. The van der Waals surface area contributed by atoms with Crippen LogP contribution in [0.4, 0.5) is 10.5 Å². The van der Waals surface area contributed by atoms with E-state index in [0.29, 0.717) is 30.1 Å². The number of anilines is 1. The minimum absolute atomic E-state index is 0.0936. The number of aliphatic hydroxyl groups excluding tert-OH is 1. The smallest absolute Gasteiger partial charge is 0.332 e. The molecule has 164 valence electrons. The monoisotopic (exact) mass is 445 g/mol. The Balaban J connectivity index is 2.22. The molecule has 1 aliphatic heterocycles. The molecule has 1 aromatic carbocycles. The fraction of sp³-hybridized carbons (Fsp3) is 0.650. The molecule has 2 amide bonds. The summed E-state index contributed by atoms with van der Waals surface area (Å²) in [6.45, 7) is 10.4. The van der Waals surface area contributed by atoms with Crippen LogP contribution in [0.15, 0.2) is 12.1 Å². The molecule has 0 bridgehead atoms. The fourth-order valence-electron chi connectivity index (χ4n) is 3.62. The van der Waals surface area contributed by atoms with Gasteiger partial charge < -0.3 is 10.4 Å². The number of amides is 2. The first kappa shape index (κ1) is 23.9. The van der Waals surface area contributed by atoms with E-state index in [-0.39, 0.29) is 18.4 Å². The molecule has 1 saturated heterocycles. The lowest BCUT2D eigenvalue weighted by Gasteiger charge is -2.34. The second-order valence-corrected chi connectivity index (χ2v) is 10.7. The van der Waals surface area contributed by atoms with Crippen molar-refractivity contribution in [2.75, 3.05) is 18.4 Å². The Kier molecular flexibility index (Phi) is 7.95. The van der Waals surface area contributed by atoms with Crippen molar-refractivity contribution in [1.82, 2.24) is 9.62 Å². The van der Waals surface area contributed by atoms with Crippen LogP contribution in [0.2, 0.25) is 5.02 Å². The van der Waals surface area contributed by atoms with Crippen LogP contribution >= 0.6 is 11.6 Å². The first-order chi connectivity index (χ1) is 13.4. The molecular weight excluding hydrogens is 414 g/mol. The summed E-state index contributed by atoms with van der Waals surface area (Å²) in [6, 6.07) is 2.80. The number of rotatable bonds is 6. The summed E-state index contributed by atoms with van der Waals surface area (Å²) in [7, 11) is -3.88. The van der Waals surface area contributed by atoms with Crippen molar-refractivity contribution in [2.24, 2.45) is 0 Å². The molecule has 7 nitrogen and oxygen atoms in total. The first-order valence-corrected chi connectivity index (χ1v) is 11.9. The van der Waals surface area contributed by atoms with Crippen molar-refractivity contribution in [1.29, 1.82) is 0 Å². The third-order valence-corrected chi connectivity index (χ3v) is 7.21. The molecule has 1 heterocycles. The van der Waals surface area contributed by atoms with Crippen molar-refractivity contribution in [2.45, 2.75) is 70.8 Å². The number of nitrogens with zero attached hydrogens (tertiary/aromatic N) is 1. The Bertz CT molecular complexity index is 811. The quantitative estimate of drug-likeness (QED) is 0.617. The summed E-state index contributed by atoms with van der Waals surface area (Å²) in [6.07, 6.45) is 0.365. The van der Waals surface area contributed by atoms with E-state index >= 15 is 0 Å². The SMILES string of the molecule is CC(C)c1cc(Cl)cc(C(C)C)c1NC(=O)NS(=O)(=O)C1CCCN(C(C)O)C1. The average Bonchev–Trinajstić information content (AvgIpc) is 2.62. The molecule has 3 N–H and O–H groups in total. The maximum absolute atomic E-state index is 12.7. The van der Waals surface area contributed by atoms with Crippen molar-refractivity contribution in [3.05, 3.63) is 28.3 Å². The highest BCUT2D eigenvalue weighted by molar-refractivity contribution is 7.90. The minimum Gasteiger partial charge on any atom is -0.379 e. The van der Waals surface area contributed by atoms with Gasteiger partial charge in [0, 0.05) is 23.8 Å². The molecule has 0 aliphatic carbocycles. The zero-order chi connectivity index (χ0) is 21.9. The molecule has 0 aromatic heterocycles. The molecule has 1 aromatic rings. The van der Waals surface area contributed by atoms with Crippen molar-refractivity contribution in [3.63, 3.8) is 0 Å². The Hall–Kier alpha value is -1.35. The summed E-state index contributed by atoms with van der Waals surface area (Å²) < 4.78 is 27.7. The zero-order valence-electron chi connectivity index (χ0n) is 17.7. The van der Waals surface area contributed by atoms with Crippen molar-refractivity contribution >= 4 is 33.3 Å². The fourth-order valence-corrected chi connectivity index (χ4v) is 5.19. The van der Waals surface area contributed by atoms with Gasteiger partial charge in [0.1, 0.15) is 6.23 Å². The first-order valence-electron chi connectivity index (χ1n) is 10.0. The second-order valence-electron chi connectivity index (χ2n) is 8.26. The number of benzene rings is 1. The zero-order valence-corrected chi connectivity index (χ0v) is 19.3. The standard InChI is InChI=1S/C20H32ClN3O4S/c1-12(2)17-9-15(21)10-18(13(3)4)19(17)22-20(26)23-29(27,28)16-7-6-8-24(11-16)14(5)25/h9-10,12-14,16,25H,6-8,11H2,1-5H3,(H2,22,23,26). The van der Waals surface area contributed by atoms with Gasteiger partial charge in [0.15, 0.2) is 0 Å². The lowest BCUT2D eigenvalue weighted by molar-refractivity contribution is 0.00759. The van der Waals surface area contributed by atoms with Crippen molar-refractivity contribution in [3.8, 4) is 0 Å². The van der Waals surface area contributed by atoms with Gasteiger partial charge in [-0.05, 0) is 54.9 Å². The number of piperidine rings is 1. The lowest BCUT2D eigenvalue weighted by atomic mass is 9.92. The number of nitrogens with one attached hydrogen (secondary N) is 2. The molecule has 9 heteroatoms. The van der Waals surface area contributed by atoms with Crippen LogP contribution in [0.25, 0.3) is 0 Å². The van der Waals surface area contributed by atoms with Crippen LogP contribution in [0.1, 0.15) is 70.4 Å². The summed E-state index contributed by atoms with van der Waals surface area (Å²) in [5.74, 6) is 0.187. The Labute approximate surface area is 178 Å². The van der Waals surface area contributed by atoms with E-state index < -0.39 is 27.5 Å². The summed E-state index contributed by atoms with van der Waals surface area (Å²) >= 11 is 6.24. The molecule has 29 heavy (non-hydrogen) atoms. The van der Waals surface area contributed by atoms with Gasteiger partial charge in [0.2, 0.25) is 10.0 Å². The molecule has 1 fully saturated rings. The molecule has 0 spiro atoms. The van der Waals surface area contributed by atoms with E-state index in [4.69, 9.17) is 11.6 Å². The molecular formula is C20H32ClN3O4S. The molecule has 0 radical (unpaired) electrons. The van der Waals surface area contributed by atoms with Crippen LogP contribution in [0.5, 0.6) is 0 Å². The number of likely N-dealkylation sites (tertiary alicyclic amines) is 1. The molecule has 2 unspecified atom stereocenters. The molecule has 2 rings (SSSR count). The Morgan fingerprint density at radius 2 is 1.72 bits per heavy atom. The lowest BCUT2D eigenvalue weighted by Crippen LogP contribution is -2.50.